The van der Waals surface area contributed by atoms with Crippen LogP contribution in [-0.2, 0) is 6.54 Å². The van der Waals surface area contributed by atoms with Crippen molar-refractivity contribution in [1.82, 2.24) is 9.38 Å². The predicted molar refractivity (Wildman–Crippen MR) is 85.1 cm³/mol. The van der Waals surface area contributed by atoms with Gasteiger partial charge in [-0.2, -0.15) is 0 Å². The Balaban J connectivity index is 2.35. The topological polar surface area (TPSA) is 52.5 Å². The van der Waals surface area contributed by atoms with Gasteiger partial charge in [-0.1, -0.05) is 35.3 Å². The van der Waals surface area contributed by atoms with E-state index >= 15 is 0 Å². The number of benzene rings is 1. The minimum atomic E-state index is 0.311. The molecule has 3 aromatic rings. The number of halogens is 2. The molecule has 0 atom stereocenters. The van der Waals surface area contributed by atoms with Gasteiger partial charge in [0.1, 0.15) is 5.75 Å². The third-order valence-electron chi connectivity index (χ3n) is 3.30. The smallest absolute Gasteiger partial charge is 0.156 e. The molecule has 0 aliphatic heterocycles. The molecule has 21 heavy (non-hydrogen) atoms. The zero-order valence-corrected chi connectivity index (χ0v) is 12.8. The Morgan fingerprint density at radius 2 is 2.05 bits per heavy atom. The van der Waals surface area contributed by atoms with E-state index in [0.717, 1.165) is 22.7 Å². The lowest BCUT2D eigenvalue weighted by Crippen LogP contribution is -2.03. The average molecular weight is 322 g/mol. The van der Waals surface area contributed by atoms with Gasteiger partial charge in [-0.3, -0.25) is 4.40 Å². The highest BCUT2D eigenvalue weighted by Crippen LogP contribution is 2.34. The summed E-state index contributed by atoms with van der Waals surface area (Å²) < 4.78 is 7.23. The molecular weight excluding hydrogens is 309 g/mol. The molecule has 4 nitrogen and oxygen atoms in total. The lowest BCUT2D eigenvalue weighted by Gasteiger charge is -2.07. The molecule has 0 fully saturated rings. The van der Waals surface area contributed by atoms with Gasteiger partial charge in [-0.15, -0.1) is 0 Å². The number of nitrogens with two attached hydrogens (primary N) is 1. The number of imidazole rings is 1. The van der Waals surface area contributed by atoms with Crippen LogP contribution in [0.2, 0.25) is 10.0 Å². The Labute approximate surface area is 132 Å². The van der Waals surface area contributed by atoms with Gasteiger partial charge in [0.15, 0.2) is 5.65 Å². The van der Waals surface area contributed by atoms with Gasteiger partial charge >= 0.3 is 0 Å². The molecule has 0 saturated carbocycles. The van der Waals surface area contributed by atoms with Gasteiger partial charge < -0.3 is 10.5 Å². The summed E-state index contributed by atoms with van der Waals surface area (Å²) in [7, 11) is 1.63. The third kappa shape index (κ3) is 2.35. The maximum Gasteiger partial charge on any atom is 0.156 e. The first kappa shape index (κ1) is 14.2. The van der Waals surface area contributed by atoms with Gasteiger partial charge in [0, 0.05) is 18.3 Å². The summed E-state index contributed by atoms with van der Waals surface area (Å²) in [4.78, 5) is 4.62. The van der Waals surface area contributed by atoms with Crippen molar-refractivity contribution in [3.63, 3.8) is 0 Å². The van der Waals surface area contributed by atoms with E-state index in [2.05, 4.69) is 4.98 Å². The molecule has 0 spiro atoms. The Bertz CT molecular complexity index is 814. The van der Waals surface area contributed by atoms with Gasteiger partial charge in [0.25, 0.3) is 0 Å². The van der Waals surface area contributed by atoms with Crippen molar-refractivity contribution in [2.45, 2.75) is 6.54 Å². The number of pyridine rings is 1. The first-order chi connectivity index (χ1) is 10.2. The molecule has 0 amide bonds. The summed E-state index contributed by atoms with van der Waals surface area (Å²) >= 11 is 12.3. The number of rotatable bonds is 3. The fourth-order valence-electron chi connectivity index (χ4n) is 2.37. The van der Waals surface area contributed by atoms with Crippen molar-refractivity contribution in [1.29, 1.82) is 0 Å². The Morgan fingerprint density at radius 1 is 1.29 bits per heavy atom. The molecule has 0 aliphatic carbocycles. The van der Waals surface area contributed by atoms with E-state index in [4.69, 9.17) is 33.7 Å². The second kappa shape index (κ2) is 5.56. The van der Waals surface area contributed by atoms with Gasteiger partial charge in [-0.25, -0.2) is 4.98 Å². The van der Waals surface area contributed by atoms with Crippen molar-refractivity contribution >= 4 is 28.8 Å². The molecule has 108 valence electrons. The molecule has 0 saturated heterocycles. The highest BCUT2D eigenvalue weighted by molar-refractivity contribution is 6.36. The van der Waals surface area contributed by atoms with Crippen molar-refractivity contribution in [3.8, 4) is 17.0 Å². The molecule has 0 bridgehead atoms. The van der Waals surface area contributed by atoms with Crippen molar-refractivity contribution in [3.05, 3.63) is 52.3 Å². The van der Waals surface area contributed by atoms with Gasteiger partial charge in [0.05, 0.1) is 28.5 Å². The van der Waals surface area contributed by atoms with Crippen molar-refractivity contribution in [2.24, 2.45) is 5.73 Å². The average Bonchev–Trinajstić information content (AvgIpc) is 2.85. The number of hydrogen-bond donors (Lipinski definition) is 1. The SMILES string of the molecule is COc1ccccc1-c1nc2c(Cl)cc(Cl)cn2c1CN. The van der Waals surface area contributed by atoms with Gasteiger partial charge in [0.2, 0.25) is 0 Å². The number of aromatic nitrogens is 2. The van der Waals surface area contributed by atoms with Crippen LogP contribution in [0.1, 0.15) is 5.69 Å². The standard InChI is InChI=1S/C15H13Cl2N3O/c1-21-13-5-3-2-4-10(13)14-12(7-18)20-8-9(16)6-11(17)15(20)19-14/h2-6,8H,7,18H2,1H3. The van der Waals surface area contributed by atoms with Crippen molar-refractivity contribution in [2.75, 3.05) is 7.11 Å². The van der Waals surface area contributed by atoms with E-state index in [0.29, 0.717) is 22.2 Å². The summed E-state index contributed by atoms with van der Waals surface area (Å²) in [6.45, 7) is 0.311. The van der Waals surface area contributed by atoms with Crippen LogP contribution in [0.4, 0.5) is 0 Å². The maximum atomic E-state index is 6.23. The Hall–Kier alpha value is -1.75. The van der Waals surface area contributed by atoms with Crippen LogP contribution >= 0.6 is 23.2 Å². The number of hydrogen-bond acceptors (Lipinski definition) is 3. The molecule has 3 rings (SSSR count). The van der Waals surface area contributed by atoms with Crippen LogP contribution in [0.15, 0.2) is 36.5 Å². The lowest BCUT2D eigenvalue weighted by atomic mass is 10.1. The number of nitrogens with zero attached hydrogens (tertiary/aromatic N) is 2. The monoisotopic (exact) mass is 321 g/mol. The molecule has 2 aromatic heterocycles. The van der Waals surface area contributed by atoms with E-state index in [1.807, 2.05) is 28.7 Å². The predicted octanol–water partition coefficient (Wildman–Crippen LogP) is 3.78. The van der Waals surface area contributed by atoms with Crippen molar-refractivity contribution < 1.29 is 4.74 Å². The highest BCUT2D eigenvalue weighted by atomic mass is 35.5. The fourth-order valence-corrected chi connectivity index (χ4v) is 2.88. The van der Waals surface area contributed by atoms with E-state index < -0.39 is 0 Å². The Morgan fingerprint density at radius 3 is 2.76 bits per heavy atom. The number of ether oxygens (including phenoxy) is 1. The number of methoxy groups -OCH3 is 1. The molecular formula is C15H13Cl2N3O. The summed E-state index contributed by atoms with van der Waals surface area (Å²) in [5, 5.41) is 1.02. The second-order valence-electron chi connectivity index (χ2n) is 4.51. The normalized spacial score (nSPS) is 11.0. The van der Waals surface area contributed by atoms with E-state index in [-0.39, 0.29) is 0 Å². The fraction of sp³-hybridized carbons (Fsp3) is 0.133. The first-order valence-corrected chi connectivity index (χ1v) is 7.10. The third-order valence-corrected chi connectivity index (χ3v) is 3.78. The van der Waals surface area contributed by atoms with Crippen LogP contribution < -0.4 is 10.5 Å². The largest absolute Gasteiger partial charge is 0.496 e. The number of fused-ring (bicyclic) bond motifs is 1. The minimum Gasteiger partial charge on any atom is -0.496 e. The van der Waals surface area contributed by atoms with E-state index in [9.17, 15) is 0 Å². The zero-order chi connectivity index (χ0) is 15.0. The summed E-state index contributed by atoms with van der Waals surface area (Å²) in [5.74, 6) is 0.734. The lowest BCUT2D eigenvalue weighted by molar-refractivity contribution is 0.416. The highest BCUT2D eigenvalue weighted by Gasteiger charge is 2.18. The quantitative estimate of drug-likeness (QED) is 0.798. The summed E-state index contributed by atoms with van der Waals surface area (Å²) in [5.41, 5.74) is 8.98. The molecule has 0 unspecified atom stereocenters. The first-order valence-electron chi connectivity index (χ1n) is 6.35. The van der Waals surface area contributed by atoms with Gasteiger partial charge in [-0.05, 0) is 18.2 Å². The van der Waals surface area contributed by atoms with Crippen LogP contribution in [-0.4, -0.2) is 16.5 Å². The molecule has 0 radical (unpaired) electrons. The molecule has 6 heteroatoms. The molecule has 2 heterocycles. The molecule has 2 N–H and O–H groups in total. The summed E-state index contributed by atoms with van der Waals surface area (Å²) in [6, 6.07) is 9.32. The molecule has 1 aromatic carbocycles. The zero-order valence-electron chi connectivity index (χ0n) is 11.3. The summed E-state index contributed by atoms with van der Waals surface area (Å²) in [6.07, 6.45) is 1.76. The van der Waals surface area contributed by atoms with E-state index in [1.54, 1.807) is 19.4 Å². The number of para-hydroxylation sites is 1. The maximum absolute atomic E-state index is 6.23. The minimum absolute atomic E-state index is 0.311. The molecule has 0 aliphatic rings. The van der Waals surface area contributed by atoms with Crippen LogP contribution in [0.25, 0.3) is 16.9 Å². The van der Waals surface area contributed by atoms with Crippen LogP contribution in [0.5, 0.6) is 5.75 Å². The van der Waals surface area contributed by atoms with Crippen LogP contribution in [0, 0.1) is 0 Å². The second-order valence-corrected chi connectivity index (χ2v) is 5.36. The van der Waals surface area contributed by atoms with Crippen LogP contribution in [0.3, 0.4) is 0 Å². The Kier molecular flexibility index (Phi) is 3.76. The van der Waals surface area contributed by atoms with E-state index in [1.165, 1.54) is 0 Å².